The van der Waals surface area contributed by atoms with Crippen LogP contribution in [0.5, 0.6) is 5.75 Å². The third kappa shape index (κ3) is 5.34. The van der Waals surface area contributed by atoms with Gasteiger partial charge < -0.3 is 15.0 Å². The van der Waals surface area contributed by atoms with Crippen molar-refractivity contribution in [1.29, 1.82) is 0 Å². The third-order valence-electron chi connectivity index (χ3n) is 3.83. The van der Waals surface area contributed by atoms with E-state index < -0.39 is 0 Å². The first-order chi connectivity index (χ1) is 10.1. The second-order valence-electron chi connectivity index (χ2n) is 5.48. The van der Waals surface area contributed by atoms with Crippen LogP contribution in [-0.2, 0) is 4.79 Å². The van der Waals surface area contributed by atoms with Gasteiger partial charge in [-0.05, 0) is 37.1 Å². The minimum atomic E-state index is -0.285. The molecular formula is C16H23FN2O2. The molecule has 0 radical (unpaired) electrons. The summed E-state index contributed by atoms with van der Waals surface area (Å²) in [5.74, 6) is 0.401. The molecule has 0 heterocycles. The van der Waals surface area contributed by atoms with Crippen LogP contribution in [0.2, 0.25) is 0 Å². The van der Waals surface area contributed by atoms with Gasteiger partial charge >= 0.3 is 0 Å². The average molecular weight is 294 g/mol. The van der Waals surface area contributed by atoms with Crippen LogP contribution in [0.3, 0.4) is 0 Å². The Morgan fingerprint density at radius 2 is 2.00 bits per heavy atom. The zero-order valence-corrected chi connectivity index (χ0v) is 12.5. The van der Waals surface area contributed by atoms with E-state index in [1.165, 1.54) is 37.8 Å². The molecule has 1 saturated carbocycles. The molecule has 5 heteroatoms. The SMILES string of the molecule is CN(CCOc1ccc(F)cc1)C(=O)CNC1CCCC1. The lowest BCUT2D eigenvalue weighted by atomic mass is 10.2. The van der Waals surface area contributed by atoms with E-state index in [0.29, 0.717) is 31.5 Å². The van der Waals surface area contributed by atoms with E-state index in [4.69, 9.17) is 4.74 Å². The number of nitrogens with zero attached hydrogens (tertiary/aromatic N) is 1. The molecule has 1 aromatic rings. The number of nitrogens with one attached hydrogen (secondary N) is 1. The molecule has 4 nitrogen and oxygen atoms in total. The quantitative estimate of drug-likeness (QED) is 0.838. The highest BCUT2D eigenvalue weighted by Crippen LogP contribution is 2.17. The van der Waals surface area contributed by atoms with Crippen molar-refractivity contribution in [1.82, 2.24) is 10.2 Å². The minimum absolute atomic E-state index is 0.0737. The Balaban J connectivity index is 1.62. The molecule has 0 bridgehead atoms. The van der Waals surface area contributed by atoms with Gasteiger partial charge in [-0.15, -0.1) is 0 Å². The summed E-state index contributed by atoms with van der Waals surface area (Å²) in [6.07, 6.45) is 4.86. The summed E-state index contributed by atoms with van der Waals surface area (Å²) in [5, 5.41) is 3.30. The molecule has 0 aromatic heterocycles. The van der Waals surface area contributed by atoms with E-state index in [9.17, 15) is 9.18 Å². The number of carbonyl (C=O) groups excluding carboxylic acids is 1. The Kier molecular flexibility index (Phi) is 5.99. The van der Waals surface area contributed by atoms with Gasteiger partial charge in [0, 0.05) is 13.1 Å². The second-order valence-corrected chi connectivity index (χ2v) is 5.48. The van der Waals surface area contributed by atoms with Crippen molar-refractivity contribution in [3.8, 4) is 5.75 Å². The van der Waals surface area contributed by atoms with Crippen molar-refractivity contribution in [3.63, 3.8) is 0 Å². The van der Waals surface area contributed by atoms with Gasteiger partial charge in [-0.3, -0.25) is 4.79 Å². The van der Waals surface area contributed by atoms with Crippen molar-refractivity contribution in [2.45, 2.75) is 31.7 Å². The summed E-state index contributed by atoms with van der Waals surface area (Å²) in [6, 6.07) is 6.38. The largest absolute Gasteiger partial charge is 0.492 e. The topological polar surface area (TPSA) is 41.6 Å². The van der Waals surface area contributed by atoms with E-state index in [1.54, 1.807) is 24.1 Å². The fourth-order valence-electron chi connectivity index (χ4n) is 2.45. The number of halogens is 1. The Labute approximate surface area is 125 Å². The molecule has 1 aromatic carbocycles. The maximum absolute atomic E-state index is 12.7. The van der Waals surface area contributed by atoms with Gasteiger partial charge in [0.2, 0.25) is 5.91 Å². The lowest BCUT2D eigenvalue weighted by molar-refractivity contribution is -0.129. The van der Waals surface area contributed by atoms with Crippen molar-refractivity contribution < 1.29 is 13.9 Å². The van der Waals surface area contributed by atoms with Crippen molar-refractivity contribution in [2.75, 3.05) is 26.7 Å². The molecule has 0 atom stereocenters. The zero-order chi connectivity index (χ0) is 15.1. The first-order valence-electron chi connectivity index (χ1n) is 7.51. The number of likely N-dealkylation sites (N-methyl/N-ethyl adjacent to an activating group) is 1. The highest BCUT2D eigenvalue weighted by molar-refractivity contribution is 5.77. The molecule has 1 amide bonds. The number of hydrogen-bond acceptors (Lipinski definition) is 3. The lowest BCUT2D eigenvalue weighted by Gasteiger charge is -2.19. The number of benzene rings is 1. The van der Waals surface area contributed by atoms with Gasteiger partial charge in [0.1, 0.15) is 18.2 Å². The standard InChI is InChI=1S/C16H23FN2O2/c1-19(16(20)12-18-14-4-2-3-5-14)10-11-21-15-8-6-13(17)7-9-15/h6-9,14,18H,2-5,10-12H2,1H3. The van der Waals surface area contributed by atoms with Crippen LogP contribution in [0.25, 0.3) is 0 Å². The predicted octanol–water partition coefficient (Wildman–Crippen LogP) is 2.20. The van der Waals surface area contributed by atoms with Gasteiger partial charge in [0.15, 0.2) is 0 Å². The second kappa shape index (κ2) is 7.98. The molecule has 21 heavy (non-hydrogen) atoms. The molecule has 1 aliphatic rings. The van der Waals surface area contributed by atoms with Crippen LogP contribution in [0, 0.1) is 5.82 Å². The van der Waals surface area contributed by atoms with E-state index in [-0.39, 0.29) is 11.7 Å². The molecule has 1 N–H and O–H groups in total. The summed E-state index contributed by atoms with van der Waals surface area (Å²) in [5.41, 5.74) is 0. The molecule has 116 valence electrons. The van der Waals surface area contributed by atoms with Crippen LogP contribution in [0.4, 0.5) is 4.39 Å². The molecule has 1 fully saturated rings. The van der Waals surface area contributed by atoms with E-state index in [2.05, 4.69) is 5.32 Å². The van der Waals surface area contributed by atoms with Crippen LogP contribution in [0.1, 0.15) is 25.7 Å². The van der Waals surface area contributed by atoms with E-state index in [1.807, 2.05) is 0 Å². The Hall–Kier alpha value is -1.62. The third-order valence-corrected chi connectivity index (χ3v) is 3.83. The van der Waals surface area contributed by atoms with Crippen LogP contribution in [-0.4, -0.2) is 43.6 Å². The molecule has 0 spiro atoms. The van der Waals surface area contributed by atoms with Gasteiger partial charge in [0.05, 0.1) is 13.1 Å². The molecule has 2 rings (SSSR count). The molecule has 0 aliphatic heterocycles. The summed E-state index contributed by atoms with van der Waals surface area (Å²) in [4.78, 5) is 13.6. The van der Waals surface area contributed by atoms with Gasteiger partial charge in [-0.2, -0.15) is 0 Å². The monoisotopic (exact) mass is 294 g/mol. The van der Waals surface area contributed by atoms with E-state index >= 15 is 0 Å². The Morgan fingerprint density at radius 1 is 1.33 bits per heavy atom. The summed E-state index contributed by atoms with van der Waals surface area (Å²) in [7, 11) is 1.77. The van der Waals surface area contributed by atoms with Gasteiger partial charge in [-0.25, -0.2) is 4.39 Å². The first-order valence-corrected chi connectivity index (χ1v) is 7.51. The lowest BCUT2D eigenvalue weighted by Crippen LogP contribution is -2.40. The Bertz CT molecular complexity index is 444. The minimum Gasteiger partial charge on any atom is -0.492 e. The maximum atomic E-state index is 12.7. The van der Waals surface area contributed by atoms with Gasteiger partial charge in [0.25, 0.3) is 0 Å². The fraction of sp³-hybridized carbons (Fsp3) is 0.562. The molecule has 1 aliphatic carbocycles. The molecule has 0 saturated heterocycles. The smallest absolute Gasteiger partial charge is 0.236 e. The highest BCUT2D eigenvalue weighted by atomic mass is 19.1. The van der Waals surface area contributed by atoms with Crippen LogP contribution < -0.4 is 10.1 Å². The number of rotatable bonds is 7. The average Bonchev–Trinajstić information content (AvgIpc) is 3.00. The van der Waals surface area contributed by atoms with Crippen molar-refractivity contribution in [2.24, 2.45) is 0 Å². The van der Waals surface area contributed by atoms with E-state index in [0.717, 1.165) is 0 Å². The summed E-state index contributed by atoms with van der Waals surface area (Å²) in [6.45, 7) is 1.30. The van der Waals surface area contributed by atoms with Crippen LogP contribution in [0.15, 0.2) is 24.3 Å². The van der Waals surface area contributed by atoms with Crippen LogP contribution >= 0.6 is 0 Å². The number of ether oxygens (including phenoxy) is 1. The zero-order valence-electron chi connectivity index (χ0n) is 12.5. The molecule has 0 unspecified atom stereocenters. The van der Waals surface area contributed by atoms with Gasteiger partial charge in [-0.1, -0.05) is 12.8 Å². The number of hydrogen-bond donors (Lipinski definition) is 1. The first kappa shape index (κ1) is 15.8. The predicted molar refractivity (Wildman–Crippen MR) is 79.8 cm³/mol. The fourth-order valence-corrected chi connectivity index (χ4v) is 2.45. The Morgan fingerprint density at radius 3 is 2.67 bits per heavy atom. The van der Waals surface area contributed by atoms with Crippen molar-refractivity contribution in [3.05, 3.63) is 30.1 Å². The molecular weight excluding hydrogens is 271 g/mol. The number of carbonyl (C=O) groups is 1. The van der Waals surface area contributed by atoms with Crippen molar-refractivity contribution >= 4 is 5.91 Å². The maximum Gasteiger partial charge on any atom is 0.236 e. The number of amides is 1. The normalized spacial score (nSPS) is 15.1. The summed E-state index contributed by atoms with van der Waals surface area (Å²) < 4.78 is 18.2. The summed E-state index contributed by atoms with van der Waals surface area (Å²) >= 11 is 0. The highest BCUT2D eigenvalue weighted by Gasteiger charge is 2.16.